The maximum Gasteiger partial charge on any atom is 0.267 e. The highest BCUT2D eigenvalue weighted by molar-refractivity contribution is 5.86. The number of aromatic nitrogens is 1. The van der Waals surface area contributed by atoms with Gasteiger partial charge in [-0.15, -0.1) is 0 Å². The van der Waals surface area contributed by atoms with Gasteiger partial charge in [-0.3, -0.25) is 9.78 Å². The van der Waals surface area contributed by atoms with Gasteiger partial charge in [0, 0.05) is 18.2 Å². The number of pyridine rings is 1. The number of fused-ring (bicyclic) bond motifs is 1. The molecule has 5 nitrogen and oxygen atoms in total. The summed E-state index contributed by atoms with van der Waals surface area (Å²) in [5, 5.41) is 10.5. The van der Waals surface area contributed by atoms with Gasteiger partial charge in [-0.25, -0.2) is 0 Å². The highest BCUT2D eigenvalue weighted by atomic mass is 16.5. The monoisotopic (exact) mass is 458 g/mol. The Bertz CT molecular complexity index is 1150. The predicted molar refractivity (Wildman–Crippen MR) is 134 cm³/mol. The smallest absolute Gasteiger partial charge is 0.267 e. The molecular formula is C29H34N2O3. The molecule has 1 aliphatic heterocycles. The third kappa shape index (κ3) is 4.04. The summed E-state index contributed by atoms with van der Waals surface area (Å²) in [6, 6.07) is 15.5. The zero-order valence-electron chi connectivity index (χ0n) is 20.9. The van der Waals surface area contributed by atoms with Gasteiger partial charge in [0.1, 0.15) is 11.5 Å². The van der Waals surface area contributed by atoms with E-state index in [2.05, 4.69) is 24.0 Å². The molecule has 2 aromatic carbocycles. The summed E-state index contributed by atoms with van der Waals surface area (Å²) in [5.74, 6) is 0.987. The molecule has 0 saturated carbocycles. The lowest BCUT2D eigenvalue weighted by Crippen LogP contribution is -2.54. The Kier molecular flexibility index (Phi) is 6.39. The van der Waals surface area contributed by atoms with E-state index in [4.69, 9.17) is 4.74 Å². The Morgan fingerprint density at radius 2 is 1.68 bits per heavy atom. The minimum Gasteiger partial charge on any atom is -0.507 e. The molecule has 3 unspecified atom stereocenters. The molecule has 5 heteroatoms. The van der Waals surface area contributed by atoms with Crippen LogP contribution in [-0.2, 0) is 11.2 Å². The van der Waals surface area contributed by atoms with Gasteiger partial charge in [-0.1, -0.05) is 36.4 Å². The first-order valence-electron chi connectivity index (χ1n) is 11.9. The lowest BCUT2D eigenvalue weighted by atomic mass is 9.85. The van der Waals surface area contributed by atoms with Crippen molar-refractivity contribution in [3.05, 3.63) is 88.2 Å². The van der Waals surface area contributed by atoms with E-state index in [0.717, 1.165) is 39.3 Å². The molecule has 0 saturated heterocycles. The topological polar surface area (TPSA) is 62.7 Å². The lowest BCUT2D eigenvalue weighted by molar-refractivity contribution is -0.153. The number of phenols is 1. The number of hydrogen-bond acceptors (Lipinski definition) is 4. The average molecular weight is 459 g/mol. The van der Waals surface area contributed by atoms with E-state index in [-0.39, 0.29) is 18.0 Å². The fourth-order valence-corrected chi connectivity index (χ4v) is 5.02. The van der Waals surface area contributed by atoms with Crippen molar-refractivity contribution >= 4 is 5.91 Å². The fraction of sp³-hybridized carbons (Fsp3) is 0.379. The zero-order valence-corrected chi connectivity index (χ0v) is 20.9. The molecule has 2 heterocycles. The van der Waals surface area contributed by atoms with Crippen LogP contribution in [0, 0.1) is 20.8 Å². The minimum atomic E-state index is -1.03. The van der Waals surface area contributed by atoms with E-state index in [0.29, 0.717) is 18.6 Å². The first kappa shape index (κ1) is 23.8. The van der Waals surface area contributed by atoms with Crippen LogP contribution in [0.1, 0.15) is 72.8 Å². The third-order valence-electron chi connectivity index (χ3n) is 7.44. The van der Waals surface area contributed by atoms with Crippen LogP contribution in [0.3, 0.4) is 0 Å². The van der Waals surface area contributed by atoms with Gasteiger partial charge in [-0.2, -0.15) is 0 Å². The quantitative estimate of drug-likeness (QED) is 0.498. The number of carbonyl (C=O) groups is 1. The summed E-state index contributed by atoms with van der Waals surface area (Å²) in [7, 11) is 0. The lowest BCUT2D eigenvalue weighted by Gasteiger charge is -2.43. The minimum absolute atomic E-state index is 0.0598. The van der Waals surface area contributed by atoms with Crippen LogP contribution in [-0.4, -0.2) is 26.5 Å². The Hall–Kier alpha value is -3.34. The van der Waals surface area contributed by atoms with E-state index in [1.165, 1.54) is 0 Å². The number of ether oxygens (including phenoxy) is 1. The second-order valence-corrected chi connectivity index (χ2v) is 9.59. The van der Waals surface area contributed by atoms with Gasteiger partial charge in [0.2, 0.25) is 0 Å². The Labute approximate surface area is 202 Å². The summed E-state index contributed by atoms with van der Waals surface area (Å²) in [5.41, 5.74) is 4.38. The maximum atomic E-state index is 14.3. The van der Waals surface area contributed by atoms with Gasteiger partial charge in [0.25, 0.3) is 5.91 Å². The summed E-state index contributed by atoms with van der Waals surface area (Å²) in [6.45, 7) is 11.7. The second kappa shape index (κ2) is 9.13. The summed E-state index contributed by atoms with van der Waals surface area (Å²) >= 11 is 0. The molecule has 178 valence electrons. The largest absolute Gasteiger partial charge is 0.507 e. The van der Waals surface area contributed by atoms with Crippen LogP contribution in [0.25, 0.3) is 0 Å². The van der Waals surface area contributed by atoms with Crippen molar-refractivity contribution in [3.8, 4) is 11.5 Å². The molecule has 0 aliphatic carbocycles. The second-order valence-electron chi connectivity index (χ2n) is 9.59. The van der Waals surface area contributed by atoms with Gasteiger partial charge < -0.3 is 14.7 Å². The van der Waals surface area contributed by atoms with Crippen LogP contribution in [0.2, 0.25) is 0 Å². The number of phenolic OH excluding ortho intramolecular Hbond substituents is 1. The van der Waals surface area contributed by atoms with Crippen LogP contribution in [0.5, 0.6) is 11.5 Å². The molecular weight excluding hydrogens is 424 g/mol. The van der Waals surface area contributed by atoms with Crippen molar-refractivity contribution < 1.29 is 14.6 Å². The van der Waals surface area contributed by atoms with Crippen molar-refractivity contribution in [1.29, 1.82) is 0 Å². The number of rotatable bonds is 5. The number of hydrogen-bond donors (Lipinski definition) is 1. The fourth-order valence-electron chi connectivity index (χ4n) is 5.02. The Morgan fingerprint density at radius 1 is 1.00 bits per heavy atom. The number of amides is 1. The molecule has 0 fully saturated rings. The summed E-state index contributed by atoms with van der Waals surface area (Å²) in [4.78, 5) is 20.8. The molecule has 4 rings (SSSR count). The maximum absolute atomic E-state index is 14.3. The van der Waals surface area contributed by atoms with Gasteiger partial charge in [0.05, 0.1) is 17.8 Å². The standard InChI is InChI=1S/C29H34N2O3/c1-18-19(2)27-24(20(3)26(18)32)15-16-29(6,34-27)28(33)31(21(4)23-12-8-7-9-13-23)22(5)25-14-10-11-17-30-25/h7-14,17,21-22,32H,15-16H2,1-6H3. The normalized spacial score (nSPS) is 19.0. The number of aromatic hydroxyl groups is 1. The summed E-state index contributed by atoms with van der Waals surface area (Å²) < 4.78 is 6.56. The van der Waals surface area contributed by atoms with E-state index >= 15 is 0 Å². The highest BCUT2D eigenvalue weighted by Crippen LogP contribution is 2.45. The molecule has 0 spiro atoms. The van der Waals surface area contributed by atoms with Crippen LogP contribution in [0.4, 0.5) is 0 Å². The molecule has 0 bridgehead atoms. The molecule has 3 aromatic rings. The molecule has 3 atom stereocenters. The number of nitrogens with zero attached hydrogens (tertiary/aromatic N) is 2. The van der Waals surface area contributed by atoms with E-state index in [1.54, 1.807) is 6.20 Å². The van der Waals surface area contributed by atoms with Crippen molar-refractivity contribution in [2.75, 3.05) is 0 Å². The number of benzene rings is 2. The summed E-state index contributed by atoms with van der Waals surface area (Å²) in [6.07, 6.45) is 2.97. The predicted octanol–water partition coefficient (Wildman–Crippen LogP) is 6.15. The highest BCUT2D eigenvalue weighted by Gasteiger charge is 2.46. The van der Waals surface area contributed by atoms with Gasteiger partial charge >= 0.3 is 0 Å². The van der Waals surface area contributed by atoms with Crippen LogP contribution < -0.4 is 4.74 Å². The number of carbonyl (C=O) groups excluding carboxylic acids is 1. The van der Waals surface area contributed by atoms with Gasteiger partial charge in [0.15, 0.2) is 5.60 Å². The average Bonchev–Trinajstić information content (AvgIpc) is 2.87. The molecule has 1 amide bonds. The van der Waals surface area contributed by atoms with E-state index in [1.807, 2.05) is 75.9 Å². The van der Waals surface area contributed by atoms with E-state index in [9.17, 15) is 9.90 Å². The van der Waals surface area contributed by atoms with Crippen molar-refractivity contribution in [1.82, 2.24) is 9.88 Å². The molecule has 1 aliphatic rings. The third-order valence-corrected chi connectivity index (χ3v) is 7.44. The van der Waals surface area contributed by atoms with Crippen LogP contribution in [0.15, 0.2) is 54.7 Å². The van der Waals surface area contributed by atoms with Crippen molar-refractivity contribution in [3.63, 3.8) is 0 Å². The van der Waals surface area contributed by atoms with Crippen LogP contribution >= 0.6 is 0 Å². The van der Waals surface area contributed by atoms with Gasteiger partial charge in [-0.05, 0) is 82.3 Å². The molecule has 1 N–H and O–H groups in total. The Morgan fingerprint density at radius 3 is 2.32 bits per heavy atom. The van der Waals surface area contributed by atoms with E-state index < -0.39 is 5.60 Å². The van der Waals surface area contributed by atoms with Crippen molar-refractivity contribution in [2.24, 2.45) is 0 Å². The zero-order chi connectivity index (χ0) is 24.6. The first-order valence-corrected chi connectivity index (χ1v) is 11.9. The molecule has 0 radical (unpaired) electrons. The molecule has 34 heavy (non-hydrogen) atoms. The SMILES string of the molecule is Cc1c(C)c2c(c(C)c1O)CCC(C)(C(=O)N(C(C)c1ccccc1)C(C)c1ccccn1)O2. The molecule has 1 aromatic heterocycles. The Balaban J connectivity index is 1.76. The first-order chi connectivity index (χ1) is 16.2. The van der Waals surface area contributed by atoms with Crippen molar-refractivity contribution in [2.45, 2.75) is 72.1 Å².